The van der Waals surface area contributed by atoms with Crippen molar-refractivity contribution in [3.8, 4) is 5.75 Å². The normalized spacial score (nSPS) is 12.2. The van der Waals surface area contributed by atoms with Gasteiger partial charge in [-0.1, -0.05) is 0 Å². The molecular formula is C21H27F3N2O3S. The Hall–Kier alpha value is -2.26. The summed E-state index contributed by atoms with van der Waals surface area (Å²) < 4.78 is 70.9. The van der Waals surface area contributed by atoms with Gasteiger partial charge in [-0.3, -0.25) is 4.31 Å². The Kier molecular flexibility index (Phi) is 8.14. The number of benzene rings is 2. The predicted molar refractivity (Wildman–Crippen MR) is 111 cm³/mol. The second-order valence-corrected chi connectivity index (χ2v) is 8.91. The fourth-order valence-electron chi connectivity index (χ4n) is 2.86. The minimum Gasteiger partial charge on any atom is -0.494 e. The molecule has 0 radical (unpaired) electrons. The largest absolute Gasteiger partial charge is 0.494 e. The van der Waals surface area contributed by atoms with Gasteiger partial charge in [0.1, 0.15) is 5.75 Å². The molecule has 5 nitrogen and oxygen atoms in total. The van der Waals surface area contributed by atoms with E-state index in [4.69, 9.17) is 4.74 Å². The van der Waals surface area contributed by atoms with Crippen LogP contribution in [0.25, 0.3) is 0 Å². The zero-order valence-corrected chi connectivity index (χ0v) is 18.1. The van der Waals surface area contributed by atoms with E-state index in [1.807, 2.05) is 14.1 Å². The fourth-order valence-corrected chi connectivity index (χ4v) is 4.34. The van der Waals surface area contributed by atoms with Gasteiger partial charge in [0.25, 0.3) is 10.0 Å². The molecule has 2 aromatic carbocycles. The molecule has 0 fully saturated rings. The van der Waals surface area contributed by atoms with Crippen molar-refractivity contribution < 1.29 is 26.3 Å². The quantitative estimate of drug-likeness (QED) is 0.501. The number of hydrogen-bond donors (Lipinski definition) is 0. The van der Waals surface area contributed by atoms with Crippen LogP contribution in [-0.4, -0.2) is 47.1 Å². The Morgan fingerprint density at radius 1 is 0.933 bits per heavy atom. The minimum absolute atomic E-state index is 0.133. The number of nitrogens with zero attached hydrogens (tertiary/aromatic N) is 2. The summed E-state index contributed by atoms with van der Waals surface area (Å²) in [6, 6.07) is 10.1. The van der Waals surface area contributed by atoms with Crippen LogP contribution >= 0.6 is 0 Å². The number of halogens is 3. The van der Waals surface area contributed by atoms with Crippen molar-refractivity contribution in [2.75, 3.05) is 38.1 Å². The Bertz CT molecular complexity index is 897. The summed E-state index contributed by atoms with van der Waals surface area (Å²) in [5, 5.41) is 0. The van der Waals surface area contributed by atoms with Crippen LogP contribution in [0.4, 0.5) is 18.9 Å². The Balaban J connectivity index is 2.09. The standard InChI is InChI=1S/C21H27F3N2O3S/c1-4-26(30(27,28)20-13-7-17(8-14-20)21(22,23)24)18-9-11-19(12-10-18)29-16-6-5-15-25(2)3/h7-14H,4-6,15-16H2,1-3H3. The summed E-state index contributed by atoms with van der Waals surface area (Å²) >= 11 is 0. The monoisotopic (exact) mass is 444 g/mol. The van der Waals surface area contributed by atoms with Gasteiger partial charge < -0.3 is 9.64 Å². The van der Waals surface area contributed by atoms with Gasteiger partial charge in [0, 0.05) is 6.54 Å². The van der Waals surface area contributed by atoms with Crippen molar-refractivity contribution >= 4 is 15.7 Å². The van der Waals surface area contributed by atoms with Gasteiger partial charge >= 0.3 is 6.18 Å². The topological polar surface area (TPSA) is 49.9 Å². The van der Waals surface area contributed by atoms with Crippen molar-refractivity contribution in [2.45, 2.75) is 30.8 Å². The molecule has 0 atom stereocenters. The summed E-state index contributed by atoms with van der Waals surface area (Å²) in [6.45, 7) is 3.34. The van der Waals surface area contributed by atoms with E-state index in [1.54, 1.807) is 31.2 Å². The molecule has 0 amide bonds. The smallest absolute Gasteiger partial charge is 0.416 e. The number of rotatable bonds is 10. The second-order valence-electron chi connectivity index (χ2n) is 7.04. The van der Waals surface area contributed by atoms with E-state index in [0.29, 0.717) is 18.0 Å². The zero-order valence-electron chi connectivity index (χ0n) is 17.3. The van der Waals surface area contributed by atoms with Gasteiger partial charge in [-0.2, -0.15) is 13.2 Å². The average Bonchev–Trinajstić information content (AvgIpc) is 2.68. The molecule has 0 heterocycles. The van der Waals surface area contributed by atoms with Gasteiger partial charge in [0.15, 0.2) is 0 Å². The van der Waals surface area contributed by atoms with E-state index in [2.05, 4.69) is 4.90 Å². The van der Waals surface area contributed by atoms with Crippen LogP contribution in [0.5, 0.6) is 5.75 Å². The SMILES string of the molecule is CCN(c1ccc(OCCCCN(C)C)cc1)S(=O)(=O)c1ccc(C(F)(F)F)cc1. The molecule has 0 aliphatic rings. The Labute approximate surface area is 176 Å². The van der Waals surface area contributed by atoms with Crippen LogP contribution in [0.2, 0.25) is 0 Å². The summed E-state index contributed by atoms with van der Waals surface area (Å²) in [4.78, 5) is 1.91. The molecule has 0 saturated carbocycles. The maximum absolute atomic E-state index is 12.9. The lowest BCUT2D eigenvalue weighted by Gasteiger charge is -2.23. The van der Waals surface area contributed by atoms with Crippen molar-refractivity contribution in [1.82, 2.24) is 4.90 Å². The number of sulfonamides is 1. The van der Waals surface area contributed by atoms with Crippen LogP contribution in [0.3, 0.4) is 0 Å². The van der Waals surface area contributed by atoms with Crippen LogP contribution in [-0.2, 0) is 16.2 Å². The number of unbranched alkanes of at least 4 members (excludes halogenated alkanes) is 1. The minimum atomic E-state index is -4.52. The fraction of sp³-hybridized carbons (Fsp3) is 0.429. The van der Waals surface area contributed by atoms with Gasteiger partial charge in [-0.25, -0.2) is 8.42 Å². The molecule has 9 heteroatoms. The second kappa shape index (κ2) is 10.2. The first-order valence-electron chi connectivity index (χ1n) is 9.63. The Morgan fingerprint density at radius 2 is 1.53 bits per heavy atom. The van der Waals surface area contributed by atoms with Gasteiger partial charge in [-0.05, 0) is 88.9 Å². The van der Waals surface area contributed by atoms with Gasteiger partial charge in [0.05, 0.1) is 22.8 Å². The van der Waals surface area contributed by atoms with E-state index in [0.717, 1.165) is 48.0 Å². The third-order valence-corrected chi connectivity index (χ3v) is 6.37. The van der Waals surface area contributed by atoms with Crippen LogP contribution < -0.4 is 9.04 Å². The summed E-state index contributed by atoms with van der Waals surface area (Å²) in [5.74, 6) is 0.631. The number of hydrogen-bond acceptors (Lipinski definition) is 4. The highest BCUT2D eigenvalue weighted by molar-refractivity contribution is 7.92. The van der Waals surface area contributed by atoms with E-state index in [9.17, 15) is 21.6 Å². The third-order valence-electron chi connectivity index (χ3n) is 4.45. The van der Waals surface area contributed by atoms with Crippen molar-refractivity contribution in [3.63, 3.8) is 0 Å². The Morgan fingerprint density at radius 3 is 2.03 bits per heavy atom. The first kappa shape index (κ1) is 24.0. The van der Waals surface area contributed by atoms with Crippen LogP contribution in [0, 0.1) is 0 Å². The summed E-state index contributed by atoms with van der Waals surface area (Å²) in [6.07, 6.45) is -2.60. The maximum Gasteiger partial charge on any atom is 0.416 e. The first-order valence-corrected chi connectivity index (χ1v) is 11.1. The highest BCUT2D eigenvalue weighted by Gasteiger charge is 2.31. The molecule has 0 aliphatic heterocycles. The van der Waals surface area contributed by atoms with Crippen molar-refractivity contribution in [2.24, 2.45) is 0 Å². The first-order chi connectivity index (χ1) is 14.1. The molecule has 0 saturated heterocycles. The number of alkyl halides is 3. The molecule has 2 aromatic rings. The molecule has 0 unspecified atom stereocenters. The predicted octanol–water partition coefficient (Wildman–Crippen LogP) is 4.64. The molecule has 0 spiro atoms. The van der Waals surface area contributed by atoms with Crippen molar-refractivity contribution in [1.29, 1.82) is 0 Å². The molecule has 166 valence electrons. The highest BCUT2D eigenvalue weighted by atomic mass is 32.2. The van der Waals surface area contributed by atoms with E-state index in [-0.39, 0.29) is 11.4 Å². The molecule has 0 aliphatic carbocycles. The lowest BCUT2D eigenvalue weighted by Crippen LogP contribution is -2.30. The number of ether oxygens (including phenoxy) is 1. The average molecular weight is 445 g/mol. The van der Waals surface area contributed by atoms with Crippen molar-refractivity contribution in [3.05, 3.63) is 54.1 Å². The molecule has 0 bridgehead atoms. The molecular weight excluding hydrogens is 417 g/mol. The summed E-state index contributed by atoms with van der Waals surface area (Å²) in [5.41, 5.74) is -0.478. The number of anilines is 1. The van der Waals surface area contributed by atoms with Gasteiger partial charge in [0.2, 0.25) is 0 Å². The van der Waals surface area contributed by atoms with E-state index in [1.165, 1.54) is 0 Å². The molecule has 0 aromatic heterocycles. The lowest BCUT2D eigenvalue weighted by molar-refractivity contribution is -0.137. The lowest BCUT2D eigenvalue weighted by atomic mass is 10.2. The highest BCUT2D eigenvalue weighted by Crippen LogP contribution is 2.31. The molecule has 30 heavy (non-hydrogen) atoms. The van der Waals surface area contributed by atoms with E-state index < -0.39 is 21.8 Å². The summed E-state index contributed by atoms with van der Waals surface area (Å²) in [7, 11) is 0.0322. The maximum atomic E-state index is 12.9. The molecule has 2 rings (SSSR count). The zero-order chi connectivity index (χ0) is 22.4. The van der Waals surface area contributed by atoms with E-state index >= 15 is 0 Å². The third kappa shape index (κ3) is 6.37. The van der Waals surface area contributed by atoms with Crippen LogP contribution in [0.15, 0.2) is 53.4 Å². The van der Waals surface area contributed by atoms with Crippen LogP contribution in [0.1, 0.15) is 25.3 Å². The van der Waals surface area contributed by atoms with Gasteiger partial charge in [-0.15, -0.1) is 0 Å². The molecule has 0 N–H and O–H groups in total.